The highest BCUT2D eigenvalue weighted by atomic mass is 35.5. The van der Waals surface area contributed by atoms with Crippen LogP contribution in [0.15, 0.2) is 94.9 Å². The van der Waals surface area contributed by atoms with Crippen LogP contribution in [0.4, 0.5) is 5.69 Å². The molecule has 1 amide bonds. The van der Waals surface area contributed by atoms with E-state index in [0.717, 1.165) is 32.1 Å². The van der Waals surface area contributed by atoms with E-state index in [0.29, 0.717) is 10.6 Å². The van der Waals surface area contributed by atoms with Gasteiger partial charge in [0.1, 0.15) is 5.75 Å². The molecule has 35 heavy (non-hydrogen) atoms. The number of carbonyl (C=O) groups excluding carboxylic acids is 1. The van der Waals surface area contributed by atoms with Crippen LogP contribution in [0.2, 0.25) is 5.02 Å². The van der Waals surface area contributed by atoms with Crippen LogP contribution < -0.4 is 5.32 Å². The summed E-state index contributed by atoms with van der Waals surface area (Å²) in [5.41, 5.74) is 3.31. The van der Waals surface area contributed by atoms with Crippen molar-refractivity contribution >= 4 is 58.0 Å². The summed E-state index contributed by atoms with van der Waals surface area (Å²) in [6.07, 6.45) is 5.60. The average molecular weight is 499 g/mol. The second-order valence-corrected chi connectivity index (χ2v) is 9.17. The Kier molecular flexibility index (Phi) is 6.52. The van der Waals surface area contributed by atoms with Crippen LogP contribution in [0.3, 0.4) is 0 Å². The number of halogens is 1. The van der Waals surface area contributed by atoms with Gasteiger partial charge in [0.25, 0.3) is 5.91 Å². The third-order valence-corrected chi connectivity index (χ3v) is 6.53. The highest BCUT2D eigenvalue weighted by Gasteiger charge is 2.15. The molecule has 2 aromatic heterocycles. The van der Waals surface area contributed by atoms with Gasteiger partial charge in [-0.15, -0.1) is 0 Å². The highest BCUT2D eigenvalue weighted by Crippen LogP contribution is 2.34. The van der Waals surface area contributed by atoms with Crippen LogP contribution in [0.1, 0.15) is 21.7 Å². The average Bonchev–Trinajstić information content (AvgIpc) is 3.28. The molecule has 0 saturated heterocycles. The van der Waals surface area contributed by atoms with Gasteiger partial charge in [0.2, 0.25) is 0 Å². The second-order valence-electron chi connectivity index (χ2n) is 7.62. The molecule has 0 aliphatic carbocycles. The summed E-state index contributed by atoms with van der Waals surface area (Å²) in [4.78, 5) is 19.0. The molecule has 0 bridgehead atoms. The number of benzene rings is 3. The fourth-order valence-electron chi connectivity index (χ4n) is 3.52. The van der Waals surface area contributed by atoms with Crippen LogP contribution in [-0.4, -0.2) is 26.2 Å². The first-order valence-corrected chi connectivity index (χ1v) is 11.9. The van der Waals surface area contributed by atoms with Gasteiger partial charge in [-0.2, -0.15) is 5.10 Å². The summed E-state index contributed by atoms with van der Waals surface area (Å²) in [7, 11) is 0. The molecule has 0 aliphatic rings. The molecule has 0 spiro atoms. The number of hydrogen-bond donors (Lipinski definition) is 3. The van der Waals surface area contributed by atoms with Gasteiger partial charge in [-0.05, 0) is 72.8 Å². The molecule has 0 fully saturated rings. The molecule has 5 rings (SSSR count). The predicted molar refractivity (Wildman–Crippen MR) is 141 cm³/mol. The zero-order valence-corrected chi connectivity index (χ0v) is 19.8. The zero-order chi connectivity index (χ0) is 24.2. The Balaban J connectivity index is 1.37. The van der Waals surface area contributed by atoms with E-state index < -0.39 is 0 Å². The van der Waals surface area contributed by atoms with Crippen molar-refractivity contribution in [1.82, 2.24) is 15.2 Å². The van der Waals surface area contributed by atoms with Crippen LogP contribution >= 0.6 is 23.4 Å². The minimum atomic E-state index is -0.338. The van der Waals surface area contributed by atoms with Gasteiger partial charge in [0.05, 0.1) is 28.2 Å². The summed E-state index contributed by atoms with van der Waals surface area (Å²) in [5.74, 6) is -0.388. The molecule has 8 heteroatoms. The number of hydrogen-bond acceptors (Lipinski definition) is 5. The van der Waals surface area contributed by atoms with Crippen molar-refractivity contribution in [3.63, 3.8) is 0 Å². The summed E-state index contributed by atoms with van der Waals surface area (Å²) in [5, 5.41) is 21.7. The molecule has 0 atom stereocenters. The third kappa shape index (κ3) is 5.21. The maximum absolute atomic E-state index is 13.0. The van der Waals surface area contributed by atoms with Crippen molar-refractivity contribution in [3.8, 4) is 5.75 Å². The lowest BCUT2D eigenvalue weighted by Gasteiger charge is -2.11. The number of carbonyl (C=O) groups is 1. The molecule has 0 unspecified atom stereocenters. The predicted octanol–water partition coefficient (Wildman–Crippen LogP) is 6.89. The van der Waals surface area contributed by atoms with Crippen LogP contribution in [-0.2, 0) is 0 Å². The molecular formula is C27H19ClN4O2S. The van der Waals surface area contributed by atoms with E-state index in [-0.39, 0.29) is 17.3 Å². The summed E-state index contributed by atoms with van der Waals surface area (Å²) in [6.45, 7) is 0. The van der Waals surface area contributed by atoms with Crippen molar-refractivity contribution in [1.29, 1.82) is 0 Å². The number of nitrogens with one attached hydrogen (secondary N) is 2. The number of rotatable bonds is 6. The van der Waals surface area contributed by atoms with Crippen LogP contribution in [0.25, 0.3) is 23.1 Å². The van der Waals surface area contributed by atoms with Gasteiger partial charge in [-0.1, -0.05) is 41.6 Å². The number of phenols is 1. The van der Waals surface area contributed by atoms with Gasteiger partial charge in [-0.3, -0.25) is 14.9 Å². The van der Waals surface area contributed by atoms with Gasteiger partial charge in [-0.25, -0.2) is 0 Å². The third-order valence-electron chi connectivity index (χ3n) is 5.23. The minimum absolute atomic E-state index is 0.0505. The first-order chi connectivity index (χ1) is 17.1. The van der Waals surface area contributed by atoms with E-state index >= 15 is 0 Å². The number of aromatic hydroxyl groups is 1. The van der Waals surface area contributed by atoms with Gasteiger partial charge < -0.3 is 10.4 Å². The van der Waals surface area contributed by atoms with E-state index in [1.807, 2.05) is 60.7 Å². The van der Waals surface area contributed by atoms with Crippen LogP contribution in [0.5, 0.6) is 5.75 Å². The monoisotopic (exact) mass is 498 g/mol. The van der Waals surface area contributed by atoms with E-state index in [1.165, 1.54) is 23.9 Å². The van der Waals surface area contributed by atoms with Gasteiger partial charge in [0.15, 0.2) is 0 Å². The smallest absolute Gasteiger partial charge is 0.256 e. The Hall–Kier alpha value is -4.07. The maximum Gasteiger partial charge on any atom is 0.256 e. The topological polar surface area (TPSA) is 90.9 Å². The van der Waals surface area contributed by atoms with Crippen LogP contribution in [0, 0.1) is 0 Å². The molecule has 3 N–H and O–H groups in total. The first-order valence-electron chi connectivity index (χ1n) is 10.7. The largest absolute Gasteiger partial charge is 0.506 e. The maximum atomic E-state index is 13.0. The standard InChI is InChI=1S/C27H19ClN4O2S/c28-17-8-13-25(33)24(15-17)30-27(34)21-6-1-2-7-26(21)35-19-10-11-20-22(31-32-23(20)16-19)12-9-18-5-3-4-14-29-18/h1-16,33H,(H,30,34)(H,31,32)/b12-9+. The number of phenolic OH excluding ortho intramolecular Hbond substituents is 1. The number of fused-ring (bicyclic) bond motifs is 1. The Morgan fingerprint density at radius 2 is 1.86 bits per heavy atom. The van der Waals surface area contributed by atoms with E-state index in [1.54, 1.807) is 24.4 Å². The Bertz CT molecular complexity index is 1550. The molecule has 0 aliphatic heterocycles. The zero-order valence-electron chi connectivity index (χ0n) is 18.3. The number of nitrogens with zero attached hydrogens (tertiary/aromatic N) is 2. The summed E-state index contributed by atoms with van der Waals surface area (Å²) >= 11 is 7.47. The number of amides is 1. The van der Waals surface area contributed by atoms with E-state index in [2.05, 4.69) is 20.5 Å². The quantitative estimate of drug-likeness (QED) is 0.222. The minimum Gasteiger partial charge on any atom is -0.506 e. The molecule has 3 aromatic carbocycles. The molecule has 172 valence electrons. The van der Waals surface area contributed by atoms with Gasteiger partial charge in [0, 0.05) is 26.4 Å². The fraction of sp³-hybridized carbons (Fsp3) is 0. The van der Waals surface area contributed by atoms with Crippen molar-refractivity contribution in [2.75, 3.05) is 5.32 Å². The van der Waals surface area contributed by atoms with Crippen molar-refractivity contribution in [2.45, 2.75) is 9.79 Å². The lowest BCUT2D eigenvalue weighted by molar-refractivity contribution is 0.102. The molecule has 0 radical (unpaired) electrons. The van der Waals surface area contributed by atoms with E-state index in [4.69, 9.17) is 11.6 Å². The number of aromatic amines is 1. The van der Waals surface area contributed by atoms with Crippen molar-refractivity contribution in [2.24, 2.45) is 0 Å². The first kappa shape index (κ1) is 22.7. The Morgan fingerprint density at radius 3 is 2.71 bits per heavy atom. The summed E-state index contributed by atoms with van der Waals surface area (Å²) < 4.78 is 0. The molecule has 5 aromatic rings. The molecule has 2 heterocycles. The normalized spacial score (nSPS) is 11.2. The lowest BCUT2D eigenvalue weighted by atomic mass is 10.2. The Labute approximate surface area is 210 Å². The summed E-state index contributed by atoms with van der Waals surface area (Å²) in [6, 6.07) is 23.6. The van der Waals surface area contributed by atoms with E-state index in [9.17, 15) is 9.90 Å². The number of H-pyrrole nitrogens is 1. The molecule has 0 saturated carbocycles. The fourth-order valence-corrected chi connectivity index (χ4v) is 4.67. The second kappa shape index (κ2) is 10.0. The number of aromatic nitrogens is 3. The van der Waals surface area contributed by atoms with Gasteiger partial charge >= 0.3 is 0 Å². The van der Waals surface area contributed by atoms with Crippen molar-refractivity contribution < 1.29 is 9.90 Å². The highest BCUT2D eigenvalue weighted by molar-refractivity contribution is 7.99. The number of pyridine rings is 1. The molecular weight excluding hydrogens is 480 g/mol. The Morgan fingerprint density at radius 1 is 1.00 bits per heavy atom. The van der Waals surface area contributed by atoms with Crippen molar-refractivity contribution in [3.05, 3.63) is 107 Å². The molecule has 6 nitrogen and oxygen atoms in total. The lowest BCUT2D eigenvalue weighted by Crippen LogP contribution is -2.13. The SMILES string of the molecule is O=C(Nc1cc(Cl)ccc1O)c1ccccc1Sc1ccc2c(/C=C/c3ccccn3)n[nH]c2c1. The number of anilines is 1.